The van der Waals surface area contributed by atoms with E-state index in [0.717, 1.165) is 41.3 Å². The summed E-state index contributed by atoms with van der Waals surface area (Å²) < 4.78 is 50.9. The van der Waals surface area contributed by atoms with Gasteiger partial charge in [-0.05, 0) is 138 Å². The summed E-state index contributed by atoms with van der Waals surface area (Å²) in [5.74, 6) is -1.01. The molecule has 1 atom stereocenters. The molecule has 0 saturated carbocycles. The van der Waals surface area contributed by atoms with E-state index in [1.807, 2.05) is 49.9 Å². The Labute approximate surface area is 386 Å². The highest BCUT2D eigenvalue weighted by molar-refractivity contribution is 7.99. The lowest BCUT2D eigenvalue weighted by Crippen LogP contribution is -2.29. The van der Waals surface area contributed by atoms with Crippen LogP contribution in [0.4, 0.5) is 8.78 Å². The second kappa shape index (κ2) is 20.4. The van der Waals surface area contributed by atoms with Gasteiger partial charge in [0.05, 0.1) is 14.9 Å². The zero-order valence-corrected chi connectivity index (χ0v) is 38.5. The van der Waals surface area contributed by atoms with Crippen LogP contribution in [-0.4, -0.2) is 37.2 Å². The van der Waals surface area contributed by atoms with Crippen LogP contribution < -0.4 is 5.46 Å². The van der Waals surface area contributed by atoms with Crippen molar-refractivity contribution in [1.82, 2.24) is 0 Å². The molecule has 2 N–H and O–H groups in total. The Hall–Kier alpha value is -4.72. The first-order valence-corrected chi connectivity index (χ1v) is 24.0. The molecular formula is C50H42BCl2F2NO4S3. The van der Waals surface area contributed by atoms with Gasteiger partial charge in [0, 0.05) is 31.2 Å². The Kier molecular flexibility index (Phi) is 15.0. The van der Waals surface area contributed by atoms with Crippen molar-refractivity contribution in [2.75, 3.05) is 5.88 Å². The Morgan fingerprint density at radius 3 is 1.76 bits per heavy atom. The van der Waals surface area contributed by atoms with E-state index < -0.39 is 22.8 Å². The van der Waals surface area contributed by atoms with Crippen molar-refractivity contribution in [3.8, 4) is 0 Å². The first-order valence-electron chi connectivity index (χ1n) is 20.0. The summed E-state index contributed by atoms with van der Waals surface area (Å²) in [4.78, 5) is 9.91. The van der Waals surface area contributed by atoms with Gasteiger partial charge in [-0.25, -0.2) is 17.2 Å². The fraction of sp³-hybridized carbons (Fsp3) is 0.140. The lowest BCUT2D eigenvalue weighted by atomic mass is 9.80. The monoisotopic (exact) mass is 935 g/mol. The predicted molar refractivity (Wildman–Crippen MR) is 255 cm³/mol. The van der Waals surface area contributed by atoms with Crippen molar-refractivity contribution in [1.29, 1.82) is 0 Å². The van der Waals surface area contributed by atoms with Crippen molar-refractivity contribution in [2.45, 2.75) is 64.0 Å². The Bertz CT molecular complexity index is 2930. The van der Waals surface area contributed by atoms with Gasteiger partial charge in [0.1, 0.15) is 17.5 Å². The molecule has 0 amide bonds. The van der Waals surface area contributed by atoms with Crippen LogP contribution in [0.25, 0.3) is 0 Å². The minimum atomic E-state index is -3.43. The first-order chi connectivity index (χ1) is 30.1. The van der Waals surface area contributed by atoms with Gasteiger partial charge in [0.2, 0.25) is 0 Å². The number of benzene rings is 7. The number of nitrogens with zero attached hydrogens (tertiary/aromatic N) is 1. The van der Waals surface area contributed by atoms with Gasteiger partial charge in [-0.1, -0.05) is 138 Å². The number of hydrogen-bond acceptors (Lipinski definition) is 7. The van der Waals surface area contributed by atoms with Crippen LogP contribution in [0.15, 0.2) is 175 Å². The van der Waals surface area contributed by atoms with Crippen LogP contribution in [0.1, 0.15) is 64.3 Å². The first kappa shape index (κ1) is 46.3. The SMILES string of the molecule is CC(=NCS(=O)(=O)c1ccc(C)cc1)c1ccc2c(c1)Cc1ccccc1S2.CC(c1ccc(F)c(Cl)c1)c1ccc2c(c1)Cc1ccccc1S2.OB(O)c1ccc(F)c(Cl)c1. The number of fused-ring (bicyclic) bond motifs is 4. The fourth-order valence-corrected chi connectivity index (χ4v) is 10.6. The zero-order valence-electron chi connectivity index (χ0n) is 34.5. The summed E-state index contributed by atoms with van der Waals surface area (Å²) in [7, 11) is -5.03. The van der Waals surface area contributed by atoms with E-state index >= 15 is 0 Å². The average Bonchev–Trinajstić information content (AvgIpc) is 3.28. The molecule has 320 valence electrons. The van der Waals surface area contributed by atoms with Gasteiger partial charge in [-0.2, -0.15) is 0 Å². The highest BCUT2D eigenvalue weighted by atomic mass is 35.5. The highest BCUT2D eigenvalue weighted by Gasteiger charge is 2.20. The molecular weight excluding hydrogens is 894 g/mol. The quantitative estimate of drug-likeness (QED) is 0.122. The van der Waals surface area contributed by atoms with Gasteiger partial charge in [0.25, 0.3) is 0 Å². The molecule has 5 nitrogen and oxygen atoms in total. The molecule has 63 heavy (non-hydrogen) atoms. The number of hydrogen-bond donors (Lipinski definition) is 2. The number of halogens is 4. The molecule has 7 aromatic carbocycles. The minimum absolute atomic E-state index is 0.115. The van der Waals surface area contributed by atoms with E-state index in [1.54, 1.807) is 30.0 Å². The highest BCUT2D eigenvalue weighted by Crippen LogP contribution is 2.42. The third-order valence-corrected chi connectivity index (χ3v) is 15.3. The van der Waals surface area contributed by atoms with Gasteiger partial charge < -0.3 is 10.0 Å². The molecule has 0 spiro atoms. The smallest absolute Gasteiger partial charge is 0.423 e. The van der Waals surface area contributed by atoms with E-state index in [2.05, 4.69) is 90.8 Å². The maximum atomic E-state index is 13.4. The number of aliphatic imine (C=N–C) groups is 1. The Morgan fingerprint density at radius 1 is 0.667 bits per heavy atom. The second-order valence-electron chi connectivity index (χ2n) is 15.2. The van der Waals surface area contributed by atoms with Crippen LogP contribution in [0.2, 0.25) is 10.0 Å². The maximum absolute atomic E-state index is 13.4. The van der Waals surface area contributed by atoms with Gasteiger partial charge in [-0.15, -0.1) is 0 Å². The van der Waals surface area contributed by atoms with Crippen molar-refractivity contribution < 1.29 is 27.2 Å². The van der Waals surface area contributed by atoms with Crippen molar-refractivity contribution in [3.05, 3.63) is 212 Å². The molecule has 0 aromatic heterocycles. The molecule has 13 heteroatoms. The Morgan fingerprint density at radius 2 is 1.17 bits per heavy atom. The van der Waals surface area contributed by atoms with Crippen LogP contribution in [0.5, 0.6) is 0 Å². The summed E-state index contributed by atoms with van der Waals surface area (Å²) in [6.45, 7) is 5.94. The third-order valence-electron chi connectivity index (χ3n) is 10.7. The van der Waals surface area contributed by atoms with E-state index in [0.29, 0.717) is 4.90 Å². The molecule has 0 bridgehead atoms. The molecule has 2 aliphatic heterocycles. The molecule has 2 heterocycles. The molecule has 2 aliphatic rings. The number of sulfone groups is 1. The van der Waals surface area contributed by atoms with Crippen LogP contribution in [0.3, 0.4) is 0 Å². The van der Waals surface area contributed by atoms with Crippen LogP contribution in [-0.2, 0) is 22.7 Å². The van der Waals surface area contributed by atoms with Crippen molar-refractivity contribution in [2.24, 2.45) is 4.99 Å². The number of rotatable bonds is 7. The third kappa shape index (κ3) is 11.5. The summed E-state index contributed by atoms with van der Waals surface area (Å²) in [6, 6.07) is 45.3. The van der Waals surface area contributed by atoms with Crippen molar-refractivity contribution in [3.63, 3.8) is 0 Å². The van der Waals surface area contributed by atoms with Gasteiger partial charge >= 0.3 is 7.12 Å². The van der Waals surface area contributed by atoms with E-state index in [4.69, 9.17) is 33.2 Å². The Balaban J connectivity index is 0.000000154. The number of aryl methyl sites for hydroxylation is 1. The summed E-state index contributed by atoms with van der Waals surface area (Å²) in [5, 5.41) is 17.3. The van der Waals surface area contributed by atoms with Crippen molar-refractivity contribution >= 4 is 74.9 Å². The van der Waals surface area contributed by atoms with Crippen LogP contribution in [0, 0.1) is 18.6 Å². The van der Waals surface area contributed by atoms with E-state index in [9.17, 15) is 17.2 Å². The fourth-order valence-electron chi connectivity index (χ4n) is 7.04. The summed E-state index contributed by atoms with van der Waals surface area (Å²) >= 11 is 14.9. The second-order valence-corrected chi connectivity index (χ2v) is 20.1. The summed E-state index contributed by atoms with van der Waals surface area (Å²) in [6.07, 6.45) is 1.85. The molecule has 0 saturated heterocycles. The van der Waals surface area contributed by atoms with E-state index in [1.165, 1.54) is 65.6 Å². The van der Waals surface area contributed by atoms with Gasteiger partial charge in [-0.3, -0.25) is 4.99 Å². The lowest BCUT2D eigenvalue weighted by Gasteiger charge is -2.21. The molecule has 1 unspecified atom stereocenters. The van der Waals surface area contributed by atoms with Gasteiger partial charge in [0.15, 0.2) is 9.84 Å². The van der Waals surface area contributed by atoms with Crippen LogP contribution >= 0.6 is 46.7 Å². The standard InChI is InChI=1S/C23H21NO2S2.C21H16ClFS.C6H5BClFO2/c1-16-7-10-21(11-8-16)28(25,26)15-24-17(2)18-9-12-23-20(13-18)14-19-5-3-4-6-22(19)27-23;1-13(15-6-8-19(23)18(22)12-15)14-7-9-21-17(10-14)11-16-4-2-3-5-20(16)24-21;8-5-3-4(7(10)11)1-2-6(5)9/h3-13H,14-15H2,1-2H3;2-10,12-13H,11H2,1H3;1-3,10-11H. The topological polar surface area (TPSA) is 87.0 Å². The minimum Gasteiger partial charge on any atom is -0.423 e. The summed E-state index contributed by atoms with van der Waals surface area (Å²) in [5.41, 5.74) is 10.5. The molecule has 9 rings (SSSR count). The normalized spacial score (nSPS) is 13.1. The zero-order chi connectivity index (χ0) is 44.8. The molecule has 0 aliphatic carbocycles. The maximum Gasteiger partial charge on any atom is 0.488 e. The largest absolute Gasteiger partial charge is 0.488 e. The predicted octanol–water partition coefficient (Wildman–Crippen LogP) is 12.1. The molecule has 7 aromatic rings. The average molecular weight is 937 g/mol. The molecule has 0 fully saturated rings. The molecule has 0 radical (unpaired) electrons. The lowest BCUT2D eigenvalue weighted by molar-refractivity contribution is 0.425. The van der Waals surface area contributed by atoms with E-state index in [-0.39, 0.29) is 33.1 Å².